The lowest BCUT2D eigenvalue weighted by Gasteiger charge is -2.38. The minimum absolute atomic E-state index is 0.345. The standard InChI is InChI=1S/C16H24Cl2N2/c1-11(2)20-8-4-3-5-13(10-19)16(20)12-6-7-14(17)15(18)9-12/h6-7,9,11,13,16H,3-5,8,10,19H2,1-2H3. The highest BCUT2D eigenvalue weighted by Crippen LogP contribution is 2.37. The lowest BCUT2D eigenvalue weighted by Crippen LogP contribution is -2.39. The van der Waals surface area contributed by atoms with Gasteiger partial charge in [-0.2, -0.15) is 0 Å². The van der Waals surface area contributed by atoms with E-state index in [0.717, 1.165) is 6.54 Å². The van der Waals surface area contributed by atoms with Crippen molar-refractivity contribution in [3.63, 3.8) is 0 Å². The maximum Gasteiger partial charge on any atom is 0.0595 e. The molecule has 20 heavy (non-hydrogen) atoms. The highest BCUT2D eigenvalue weighted by Gasteiger charge is 2.31. The summed E-state index contributed by atoms with van der Waals surface area (Å²) in [5, 5.41) is 1.25. The molecule has 1 fully saturated rings. The van der Waals surface area contributed by atoms with Crippen LogP contribution in [0.2, 0.25) is 10.0 Å². The maximum atomic E-state index is 6.21. The summed E-state index contributed by atoms with van der Waals surface area (Å²) in [6.07, 6.45) is 3.68. The van der Waals surface area contributed by atoms with Gasteiger partial charge in [0, 0.05) is 12.1 Å². The normalized spacial score (nSPS) is 24.9. The second-order valence-electron chi connectivity index (χ2n) is 5.94. The predicted octanol–water partition coefficient (Wildman–Crippen LogP) is 4.50. The van der Waals surface area contributed by atoms with Gasteiger partial charge in [0.05, 0.1) is 10.0 Å². The Kier molecular flexibility index (Phi) is 5.74. The third-order valence-electron chi connectivity index (χ3n) is 4.30. The summed E-state index contributed by atoms with van der Waals surface area (Å²) in [4.78, 5) is 2.56. The highest BCUT2D eigenvalue weighted by molar-refractivity contribution is 6.42. The molecule has 2 atom stereocenters. The molecule has 1 heterocycles. The first-order valence-corrected chi connectivity index (χ1v) is 8.21. The van der Waals surface area contributed by atoms with Crippen molar-refractivity contribution in [2.75, 3.05) is 13.1 Å². The average molecular weight is 315 g/mol. The Bertz CT molecular complexity index is 448. The highest BCUT2D eigenvalue weighted by atomic mass is 35.5. The van der Waals surface area contributed by atoms with Gasteiger partial charge in [0.2, 0.25) is 0 Å². The monoisotopic (exact) mass is 314 g/mol. The number of likely N-dealkylation sites (tertiary alicyclic amines) is 1. The molecule has 0 amide bonds. The Morgan fingerprint density at radius 3 is 2.60 bits per heavy atom. The Hall–Kier alpha value is -0.280. The number of nitrogens with two attached hydrogens (primary N) is 1. The fourth-order valence-electron chi connectivity index (χ4n) is 3.25. The Labute approximate surface area is 132 Å². The first-order valence-electron chi connectivity index (χ1n) is 7.45. The van der Waals surface area contributed by atoms with Gasteiger partial charge in [-0.25, -0.2) is 0 Å². The third-order valence-corrected chi connectivity index (χ3v) is 5.04. The van der Waals surface area contributed by atoms with Gasteiger partial charge >= 0.3 is 0 Å². The van der Waals surface area contributed by atoms with E-state index in [1.54, 1.807) is 0 Å². The van der Waals surface area contributed by atoms with Crippen molar-refractivity contribution in [1.82, 2.24) is 4.90 Å². The van der Waals surface area contributed by atoms with E-state index in [1.807, 2.05) is 12.1 Å². The van der Waals surface area contributed by atoms with Crippen LogP contribution in [-0.4, -0.2) is 24.0 Å². The molecule has 4 heteroatoms. The van der Waals surface area contributed by atoms with E-state index in [2.05, 4.69) is 24.8 Å². The molecule has 0 aliphatic carbocycles. The number of halogens is 2. The fourth-order valence-corrected chi connectivity index (χ4v) is 3.56. The molecule has 0 aromatic heterocycles. The SMILES string of the molecule is CC(C)N1CCCCC(CN)C1c1ccc(Cl)c(Cl)c1. The van der Waals surface area contributed by atoms with Crippen molar-refractivity contribution < 1.29 is 0 Å². The van der Waals surface area contributed by atoms with Crippen molar-refractivity contribution >= 4 is 23.2 Å². The van der Waals surface area contributed by atoms with E-state index in [0.29, 0.717) is 34.6 Å². The van der Waals surface area contributed by atoms with Crippen molar-refractivity contribution in [3.05, 3.63) is 33.8 Å². The molecule has 0 radical (unpaired) electrons. The molecule has 0 bridgehead atoms. The van der Waals surface area contributed by atoms with Crippen LogP contribution >= 0.6 is 23.2 Å². The van der Waals surface area contributed by atoms with Crippen LogP contribution in [0.3, 0.4) is 0 Å². The van der Waals surface area contributed by atoms with E-state index < -0.39 is 0 Å². The Morgan fingerprint density at radius 1 is 1.25 bits per heavy atom. The molecule has 1 aromatic rings. The first-order chi connectivity index (χ1) is 9.54. The lowest BCUT2D eigenvalue weighted by atomic mass is 9.88. The van der Waals surface area contributed by atoms with Crippen LogP contribution in [0.1, 0.15) is 44.7 Å². The van der Waals surface area contributed by atoms with Crippen LogP contribution in [0.15, 0.2) is 18.2 Å². The van der Waals surface area contributed by atoms with Gasteiger partial charge in [-0.05, 0) is 63.4 Å². The van der Waals surface area contributed by atoms with Crippen LogP contribution in [-0.2, 0) is 0 Å². The van der Waals surface area contributed by atoms with Gasteiger partial charge in [-0.3, -0.25) is 4.90 Å². The lowest BCUT2D eigenvalue weighted by molar-refractivity contribution is 0.121. The molecule has 1 aliphatic heterocycles. The van der Waals surface area contributed by atoms with Gasteiger partial charge < -0.3 is 5.73 Å². The van der Waals surface area contributed by atoms with Crippen LogP contribution in [0, 0.1) is 5.92 Å². The number of rotatable bonds is 3. The van der Waals surface area contributed by atoms with Crippen molar-refractivity contribution in [2.45, 2.75) is 45.2 Å². The summed E-state index contributed by atoms with van der Waals surface area (Å²) in [5.74, 6) is 0.483. The number of benzene rings is 1. The van der Waals surface area contributed by atoms with Gasteiger partial charge in [0.15, 0.2) is 0 Å². The zero-order valence-corrected chi connectivity index (χ0v) is 13.8. The van der Waals surface area contributed by atoms with Crippen molar-refractivity contribution in [1.29, 1.82) is 0 Å². The minimum Gasteiger partial charge on any atom is -0.330 e. The second kappa shape index (κ2) is 7.13. The molecular weight excluding hydrogens is 291 g/mol. The van der Waals surface area contributed by atoms with Crippen LogP contribution < -0.4 is 5.73 Å². The molecule has 112 valence electrons. The molecule has 2 unspecified atom stereocenters. The molecule has 1 saturated heterocycles. The van der Waals surface area contributed by atoms with Crippen LogP contribution in [0.5, 0.6) is 0 Å². The second-order valence-corrected chi connectivity index (χ2v) is 6.76. The summed E-state index contributed by atoms with van der Waals surface area (Å²) in [7, 11) is 0. The zero-order chi connectivity index (χ0) is 14.7. The van der Waals surface area contributed by atoms with Gasteiger partial charge in [-0.1, -0.05) is 35.7 Å². The topological polar surface area (TPSA) is 29.3 Å². The van der Waals surface area contributed by atoms with Gasteiger partial charge in [0.25, 0.3) is 0 Å². The molecule has 2 nitrogen and oxygen atoms in total. The summed E-state index contributed by atoms with van der Waals surface area (Å²) >= 11 is 12.3. The Morgan fingerprint density at radius 2 is 2.00 bits per heavy atom. The van der Waals surface area contributed by atoms with E-state index in [-0.39, 0.29) is 0 Å². The van der Waals surface area contributed by atoms with E-state index >= 15 is 0 Å². The molecular formula is C16H24Cl2N2. The molecule has 1 aliphatic rings. The van der Waals surface area contributed by atoms with Crippen molar-refractivity contribution in [3.8, 4) is 0 Å². The largest absolute Gasteiger partial charge is 0.330 e. The Balaban J connectivity index is 2.40. The zero-order valence-electron chi connectivity index (χ0n) is 12.3. The number of hydrogen-bond acceptors (Lipinski definition) is 2. The summed E-state index contributed by atoms with van der Waals surface area (Å²) in [5.41, 5.74) is 7.29. The summed E-state index contributed by atoms with van der Waals surface area (Å²) in [6, 6.07) is 6.86. The van der Waals surface area contributed by atoms with Crippen LogP contribution in [0.25, 0.3) is 0 Å². The molecule has 1 aromatic carbocycles. The van der Waals surface area contributed by atoms with E-state index in [1.165, 1.54) is 24.8 Å². The summed E-state index contributed by atoms with van der Waals surface area (Å²) in [6.45, 7) is 6.35. The smallest absolute Gasteiger partial charge is 0.0595 e. The molecule has 2 N–H and O–H groups in total. The predicted molar refractivity (Wildman–Crippen MR) is 87.4 cm³/mol. The summed E-state index contributed by atoms with van der Waals surface area (Å²) < 4.78 is 0. The third kappa shape index (κ3) is 3.48. The number of nitrogens with zero attached hydrogens (tertiary/aromatic N) is 1. The molecule has 0 saturated carbocycles. The van der Waals surface area contributed by atoms with Gasteiger partial charge in [0.1, 0.15) is 0 Å². The average Bonchev–Trinajstić information content (AvgIpc) is 2.64. The van der Waals surface area contributed by atoms with Crippen molar-refractivity contribution in [2.24, 2.45) is 11.7 Å². The van der Waals surface area contributed by atoms with Gasteiger partial charge in [-0.15, -0.1) is 0 Å². The van der Waals surface area contributed by atoms with E-state index in [4.69, 9.17) is 28.9 Å². The maximum absolute atomic E-state index is 6.21. The fraction of sp³-hybridized carbons (Fsp3) is 0.625. The quantitative estimate of drug-likeness (QED) is 0.889. The number of hydrogen-bond donors (Lipinski definition) is 1. The molecule has 2 rings (SSSR count). The minimum atomic E-state index is 0.345. The van der Waals surface area contributed by atoms with Crippen LogP contribution in [0.4, 0.5) is 0 Å². The van der Waals surface area contributed by atoms with E-state index in [9.17, 15) is 0 Å². The molecule has 0 spiro atoms. The first kappa shape index (κ1) is 16.1.